The average molecular weight is 462 g/mol. The zero-order chi connectivity index (χ0) is 23.6. The van der Waals surface area contributed by atoms with Gasteiger partial charge in [-0.15, -0.1) is 0 Å². The van der Waals surface area contributed by atoms with Gasteiger partial charge in [-0.05, 0) is 72.0 Å². The van der Waals surface area contributed by atoms with Crippen LogP contribution in [0.1, 0.15) is 22.6 Å². The van der Waals surface area contributed by atoms with Gasteiger partial charge in [0.2, 0.25) is 5.95 Å². The van der Waals surface area contributed by atoms with E-state index in [1.807, 2.05) is 29.3 Å². The molecule has 3 aromatic carbocycles. The molecule has 3 atom stereocenters. The summed E-state index contributed by atoms with van der Waals surface area (Å²) in [7, 11) is 0. The molecule has 5 aromatic rings. The maximum absolute atomic E-state index is 13.5. The van der Waals surface area contributed by atoms with Crippen molar-refractivity contribution < 1.29 is 4.39 Å². The van der Waals surface area contributed by atoms with Crippen LogP contribution in [0.4, 0.5) is 10.3 Å². The van der Waals surface area contributed by atoms with Gasteiger partial charge in [0.15, 0.2) is 0 Å². The fraction of sp³-hybridized carbons (Fsp3) is 0.207. The van der Waals surface area contributed by atoms with Crippen LogP contribution in [-0.4, -0.2) is 32.8 Å². The van der Waals surface area contributed by atoms with Crippen molar-refractivity contribution in [1.82, 2.24) is 19.7 Å². The molecule has 1 aliphatic heterocycles. The fourth-order valence-electron chi connectivity index (χ4n) is 6.34. The maximum atomic E-state index is 13.5. The molecule has 6 heteroatoms. The van der Waals surface area contributed by atoms with Crippen LogP contribution in [0.3, 0.4) is 0 Å². The molecule has 7 rings (SSSR count). The molecular weight excluding hydrogens is 437 g/mol. The van der Waals surface area contributed by atoms with Crippen LogP contribution in [0, 0.1) is 18.7 Å². The highest BCUT2D eigenvalue weighted by Crippen LogP contribution is 2.70. The van der Waals surface area contributed by atoms with Gasteiger partial charge in [-0.2, -0.15) is 5.10 Å². The summed E-state index contributed by atoms with van der Waals surface area (Å²) >= 11 is 0. The molecule has 1 saturated carbocycles. The van der Waals surface area contributed by atoms with Crippen LogP contribution >= 0.6 is 0 Å². The minimum Gasteiger partial charge on any atom is -0.340 e. The molecule has 2 aliphatic rings. The van der Waals surface area contributed by atoms with Crippen molar-refractivity contribution in [2.24, 2.45) is 5.92 Å². The molecule has 0 amide bonds. The second-order valence-electron chi connectivity index (χ2n) is 9.72. The van der Waals surface area contributed by atoms with Gasteiger partial charge >= 0.3 is 0 Å². The molecule has 2 fully saturated rings. The minimum absolute atomic E-state index is 0.0107. The summed E-state index contributed by atoms with van der Waals surface area (Å²) in [4.78, 5) is 11.4. The smallest absolute Gasteiger partial charge is 0.225 e. The highest BCUT2D eigenvalue weighted by atomic mass is 19.1. The number of piperidine rings is 1. The lowest BCUT2D eigenvalue weighted by atomic mass is 9.86. The highest BCUT2D eigenvalue weighted by Gasteiger charge is 2.70. The van der Waals surface area contributed by atoms with Gasteiger partial charge in [0, 0.05) is 42.2 Å². The number of hydrogen-bond acceptors (Lipinski definition) is 4. The van der Waals surface area contributed by atoms with Gasteiger partial charge in [-0.25, -0.2) is 19.0 Å². The average Bonchev–Trinajstić information content (AvgIpc) is 3.16. The Labute approximate surface area is 202 Å². The summed E-state index contributed by atoms with van der Waals surface area (Å²) < 4.78 is 15.4. The monoisotopic (exact) mass is 461 g/mol. The van der Waals surface area contributed by atoms with E-state index < -0.39 is 0 Å². The third kappa shape index (κ3) is 3.02. The Morgan fingerprint density at radius 3 is 2.49 bits per heavy atom. The van der Waals surface area contributed by atoms with E-state index in [9.17, 15) is 4.39 Å². The van der Waals surface area contributed by atoms with E-state index in [1.54, 1.807) is 12.1 Å². The van der Waals surface area contributed by atoms with E-state index >= 15 is 0 Å². The minimum atomic E-state index is -0.248. The third-order valence-corrected chi connectivity index (χ3v) is 7.86. The summed E-state index contributed by atoms with van der Waals surface area (Å²) in [5.74, 6) is 1.51. The number of rotatable bonds is 4. The second kappa shape index (κ2) is 7.47. The zero-order valence-electron chi connectivity index (χ0n) is 19.3. The lowest BCUT2D eigenvalue weighted by Crippen LogP contribution is -2.30. The highest BCUT2D eigenvalue weighted by molar-refractivity contribution is 5.83. The number of anilines is 1. The van der Waals surface area contributed by atoms with Crippen LogP contribution in [0.25, 0.3) is 16.6 Å². The summed E-state index contributed by atoms with van der Waals surface area (Å²) in [6.07, 6.45) is 5.55. The van der Waals surface area contributed by atoms with E-state index in [4.69, 9.17) is 0 Å². The van der Waals surface area contributed by atoms with Gasteiger partial charge in [-0.3, -0.25) is 0 Å². The third-order valence-electron chi connectivity index (χ3n) is 7.86. The summed E-state index contributed by atoms with van der Waals surface area (Å²) in [5.41, 5.74) is 5.92. The van der Waals surface area contributed by atoms with Crippen LogP contribution in [-0.2, 0) is 5.41 Å². The van der Waals surface area contributed by atoms with E-state index in [0.717, 1.165) is 35.6 Å². The van der Waals surface area contributed by atoms with Crippen molar-refractivity contribution >= 4 is 16.9 Å². The quantitative estimate of drug-likeness (QED) is 0.358. The van der Waals surface area contributed by atoms with Crippen LogP contribution < -0.4 is 4.90 Å². The number of halogens is 1. The number of fused-ring (bicyclic) bond motifs is 2. The normalized spacial score (nSPS) is 23.0. The van der Waals surface area contributed by atoms with E-state index in [0.29, 0.717) is 11.8 Å². The largest absolute Gasteiger partial charge is 0.340 e. The first kappa shape index (κ1) is 20.3. The molecule has 5 nitrogen and oxygen atoms in total. The molecule has 1 aliphatic carbocycles. The Balaban J connectivity index is 1.34. The van der Waals surface area contributed by atoms with Crippen molar-refractivity contribution in [3.8, 4) is 5.69 Å². The van der Waals surface area contributed by atoms with Gasteiger partial charge in [-0.1, -0.05) is 30.3 Å². The number of benzene rings is 3. The maximum Gasteiger partial charge on any atom is 0.225 e. The molecular formula is C29H24FN5. The van der Waals surface area contributed by atoms with Crippen molar-refractivity contribution in [3.05, 3.63) is 114 Å². The molecule has 1 saturated heterocycles. The van der Waals surface area contributed by atoms with Crippen molar-refractivity contribution in [1.29, 1.82) is 0 Å². The Hall–Kier alpha value is -4.06. The van der Waals surface area contributed by atoms with Crippen LogP contribution in [0.2, 0.25) is 0 Å². The van der Waals surface area contributed by atoms with Crippen molar-refractivity contribution in [2.45, 2.75) is 18.3 Å². The zero-order valence-corrected chi connectivity index (χ0v) is 19.3. The number of aromatic nitrogens is 4. The van der Waals surface area contributed by atoms with Gasteiger partial charge < -0.3 is 4.90 Å². The predicted octanol–water partition coefficient (Wildman–Crippen LogP) is 5.43. The summed E-state index contributed by atoms with van der Waals surface area (Å²) in [6.45, 7) is 4.03. The Kier molecular flexibility index (Phi) is 4.34. The molecule has 0 radical (unpaired) electrons. The van der Waals surface area contributed by atoms with E-state index in [-0.39, 0.29) is 11.2 Å². The second-order valence-corrected chi connectivity index (χ2v) is 9.72. The summed E-state index contributed by atoms with van der Waals surface area (Å²) in [6, 6.07) is 23.8. The fourth-order valence-corrected chi connectivity index (χ4v) is 6.34. The Bertz CT molecular complexity index is 1530. The first-order chi connectivity index (χ1) is 17.1. The first-order valence-electron chi connectivity index (χ1n) is 12.0. The predicted molar refractivity (Wildman–Crippen MR) is 134 cm³/mol. The van der Waals surface area contributed by atoms with E-state index in [2.05, 4.69) is 69.4 Å². The van der Waals surface area contributed by atoms with Gasteiger partial charge in [0.05, 0.1) is 17.4 Å². The molecule has 0 N–H and O–H groups in total. The van der Waals surface area contributed by atoms with Crippen LogP contribution in [0.15, 0.2) is 91.4 Å². The Morgan fingerprint density at radius 1 is 0.943 bits per heavy atom. The number of nitrogens with zero attached hydrogens (tertiary/aromatic N) is 5. The number of aryl methyl sites for hydroxylation is 1. The van der Waals surface area contributed by atoms with Crippen molar-refractivity contribution in [3.63, 3.8) is 0 Å². The molecule has 172 valence electrons. The SMILES string of the molecule is Cc1cc2c(cnn2-c2ccc(F)cc2)cc1[C@@]12CN(c3ncccn3)C[C@@H]1[C@H]2c1ccccc1. The van der Waals surface area contributed by atoms with Crippen LogP contribution in [0.5, 0.6) is 0 Å². The van der Waals surface area contributed by atoms with E-state index in [1.165, 1.54) is 28.8 Å². The molecule has 0 unspecified atom stereocenters. The molecule has 2 aromatic heterocycles. The lowest BCUT2D eigenvalue weighted by Gasteiger charge is -2.25. The summed E-state index contributed by atoms with van der Waals surface area (Å²) in [5, 5.41) is 5.74. The van der Waals surface area contributed by atoms with Gasteiger partial charge in [0.1, 0.15) is 5.82 Å². The van der Waals surface area contributed by atoms with Gasteiger partial charge in [0.25, 0.3) is 0 Å². The molecule has 0 bridgehead atoms. The topological polar surface area (TPSA) is 46.8 Å². The lowest BCUT2D eigenvalue weighted by molar-refractivity contribution is 0.627. The molecule has 35 heavy (non-hydrogen) atoms. The van der Waals surface area contributed by atoms with Crippen molar-refractivity contribution in [2.75, 3.05) is 18.0 Å². The first-order valence-corrected chi connectivity index (χ1v) is 12.0. The molecule has 0 spiro atoms. The molecule has 3 heterocycles. The standard InChI is InChI=1S/C29H24FN5/c1-19-14-26-21(16-33-35(26)23-10-8-22(30)9-11-23)15-24(19)29-18-34(28-31-12-5-13-32-28)17-25(29)27(29)20-6-3-2-4-7-20/h2-16,25,27H,17-18H2,1H3/t25-,27-,29+/m1/s1. The Morgan fingerprint density at radius 2 is 1.71 bits per heavy atom. The number of hydrogen-bond donors (Lipinski definition) is 0.